The number of hydrogen-bond acceptors (Lipinski definition) is 2. The molecule has 0 aromatic carbocycles. The molecular formula is C12H24ClNO. The van der Waals surface area contributed by atoms with Gasteiger partial charge in [-0.25, -0.2) is 0 Å². The summed E-state index contributed by atoms with van der Waals surface area (Å²) >= 11 is 5.57. The molecule has 1 saturated heterocycles. The second-order valence-corrected chi connectivity index (χ2v) is 4.63. The van der Waals surface area contributed by atoms with Gasteiger partial charge >= 0.3 is 0 Å². The van der Waals surface area contributed by atoms with E-state index >= 15 is 0 Å². The zero-order valence-corrected chi connectivity index (χ0v) is 10.6. The summed E-state index contributed by atoms with van der Waals surface area (Å²) in [5, 5.41) is 0. The third kappa shape index (κ3) is 5.19. The molecule has 0 saturated carbocycles. The van der Waals surface area contributed by atoms with E-state index in [0.717, 1.165) is 19.2 Å². The standard InChI is InChI=1S/C12H24ClNO/c1-2-12-6-4-3-5-8-14(12)9-11-15-10-7-13/h12H,2-11H2,1H3. The maximum Gasteiger partial charge on any atom is 0.0602 e. The third-order valence-corrected chi connectivity index (χ3v) is 3.37. The molecule has 0 amide bonds. The molecule has 0 spiro atoms. The van der Waals surface area contributed by atoms with Crippen LogP contribution in [0.15, 0.2) is 0 Å². The van der Waals surface area contributed by atoms with E-state index in [-0.39, 0.29) is 0 Å². The molecule has 1 fully saturated rings. The van der Waals surface area contributed by atoms with Crippen LogP contribution >= 0.6 is 11.6 Å². The van der Waals surface area contributed by atoms with Gasteiger partial charge in [0, 0.05) is 18.5 Å². The molecule has 15 heavy (non-hydrogen) atoms. The molecule has 0 bridgehead atoms. The van der Waals surface area contributed by atoms with E-state index in [1.807, 2.05) is 0 Å². The largest absolute Gasteiger partial charge is 0.379 e. The monoisotopic (exact) mass is 233 g/mol. The van der Waals surface area contributed by atoms with Gasteiger partial charge in [0.1, 0.15) is 0 Å². The van der Waals surface area contributed by atoms with E-state index in [9.17, 15) is 0 Å². The van der Waals surface area contributed by atoms with Crippen molar-refractivity contribution < 1.29 is 4.74 Å². The molecule has 0 aromatic rings. The summed E-state index contributed by atoms with van der Waals surface area (Å²) in [5.74, 6) is 0.608. The van der Waals surface area contributed by atoms with Gasteiger partial charge in [0.25, 0.3) is 0 Å². The molecule has 90 valence electrons. The molecule has 0 aromatic heterocycles. The quantitative estimate of drug-likeness (QED) is 0.517. The van der Waals surface area contributed by atoms with Crippen LogP contribution in [0.5, 0.6) is 0 Å². The molecule has 1 aliphatic heterocycles. The first kappa shape index (κ1) is 13.3. The Morgan fingerprint density at radius 1 is 1.27 bits per heavy atom. The van der Waals surface area contributed by atoms with Crippen molar-refractivity contribution in [2.75, 3.05) is 32.2 Å². The maximum absolute atomic E-state index is 5.57. The lowest BCUT2D eigenvalue weighted by Gasteiger charge is -2.28. The maximum atomic E-state index is 5.57. The van der Waals surface area contributed by atoms with Crippen molar-refractivity contribution in [3.63, 3.8) is 0 Å². The highest BCUT2D eigenvalue weighted by Gasteiger charge is 2.18. The van der Waals surface area contributed by atoms with E-state index < -0.39 is 0 Å². The molecule has 1 heterocycles. The lowest BCUT2D eigenvalue weighted by Crippen LogP contribution is -2.37. The van der Waals surface area contributed by atoms with Gasteiger partial charge in [0.15, 0.2) is 0 Å². The van der Waals surface area contributed by atoms with Crippen molar-refractivity contribution in [2.45, 2.75) is 45.1 Å². The number of hydrogen-bond donors (Lipinski definition) is 0. The fourth-order valence-electron chi connectivity index (χ4n) is 2.33. The first-order chi connectivity index (χ1) is 7.38. The summed E-state index contributed by atoms with van der Waals surface area (Å²) in [5.41, 5.74) is 0. The highest BCUT2D eigenvalue weighted by molar-refractivity contribution is 6.17. The first-order valence-corrected chi connectivity index (χ1v) is 6.79. The second kappa shape index (κ2) is 8.37. The van der Waals surface area contributed by atoms with Gasteiger partial charge in [-0.1, -0.05) is 19.8 Å². The fourth-order valence-corrected chi connectivity index (χ4v) is 2.44. The summed E-state index contributed by atoms with van der Waals surface area (Å²) in [4.78, 5) is 2.60. The molecule has 0 N–H and O–H groups in total. The zero-order chi connectivity index (χ0) is 10.9. The minimum Gasteiger partial charge on any atom is -0.379 e. The van der Waals surface area contributed by atoms with Crippen LogP contribution in [0, 0.1) is 0 Å². The Morgan fingerprint density at radius 2 is 2.13 bits per heavy atom. The predicted octanol–water partition coefficient (Wildman–Crippen LogP) is 2.90. The summed E-state index contributed by atoms with van der Waals surface area (Å²) in [6.07, 6.45) is 6.79. The van der Waals surface area contributed by atoms with E-state index in [1.165, 1.54) is 38.6 Å². The van der Waals surface area contributed by atoms with E-state index in [2.05, 4.69) is 11.8 Å². The molecule has 0 radical (unpaired) electrons. The van der Waals surface area contributed by atoms with Crippen LogP contribution in [0.2, 0.25) is 0 Å². The molecule has 3 heteroatoms. The number of rotatable bonds is 6. The first-order valence-electron chi connectivity index (χ1n) is 6.26. The molecular weight excluding hydrogens is 210 g/mol. The summed E-state index contributed by atoms with van der Waals surface area (Å²) in [7, 11) is 0. The second-order valence-electron chi connectivity index (χ2n) is 4.25. The smallest absolute Gasteiger partial charge is 0.0602 e. The van der Waals surface area contributed by atoms with Gasteiger partial charge < -0.3 is 4.74 Å². The van der Waals surface area contributed by atoms with Crippen LogP contribution in [0.25, 0.3) is 0 Å². The van der Waals surface area contributed by atoms with Crippen LogP contribution in [-0.4, -0.2) is 43.1 Å². The number of halogens is 1. The van der Waals surface area contributed by atoms with E-state index in [4.69, 9.17) is 16.3 Å². The average Bonchev–Trinajstić information content (AvgIpc) is 2.49. The fraction of sp³-hybridized carbons (Fsp3) is 1.00. The SMILES string of the molecule is CCC1CCCCCN1CCOCCCl. The van der Waals surface area contributed by atoms with Crippen LogP contribution in [0.1, 0.15) is 39.0 Å². The Hall–Kier alpha value is 0.210. The van der Waals surface area contributed by atoms with Crippen molar-refractivity contribution in [1.82, 2.24) is 4.90 Å². The normalized spacial score (nSPS) is 24.0. The summed E-state index contributed by atoms with van der Waals surface area (Å²) in [6, 6.07) is 0.784. The number of nitrogens with zero attached hydrogens (tertiary/aromatic N) is 1. The van der Waals surface area contributed by atoms with Crippen molar-refractivity contribution in [3.8, 4) is 0 Å². The number of alkyl halides is 1. The van der Waals surface area contributed by atoms with Gasteiger partial charge in [-0.05, 0) is 25.8 Å². The minimum absolute atomic E-state index is 0.608. The van der Waals surface area contributed by atoms with Crippen molar-refractivity contribution >= 4 is 11.6 Å². The van der Waals surface area contributed by atoms with Gasteiger partial charge in [-0.3, -0.25) is 4.90 Å². The highest BCUT2D eigenvalue weighted by atomic mass is 35.5. The van der Waals surface area contributed by atoms with Gasteiger partial charge in [0.05, 0.1) is 13.2 Å². The van der Waals surface area contributed by atoms with Crippen LogP contribution in [0.3, 0.4) is 0 Å². The number of ether oxygens (including phenoxy) is 1. The van der Waals surface area contributed by atoms with Crippen LogP contribution in [0.4, 0.5) is 0 Å². The van der Waals surface area contributed by atoms with E-state index in [1.54, 1.807) is 0 Å². The van der Waals surface area contributed by atoms with Crippen molar-refractivity contribution in [2.24, 2.45) is 0 Å². The molecule has 0 aliphatic carbocycles. The molecule has 1 rings (SSSR count). The highest BCUT2D eigenvalue weighted by Crippen LogP contribution is 2.18. The predicted molar refractivity (Wildman–Crippen MR) is 65.7 cm³/mol. The molecule has 2 nitrogen and oxygen atoms in total. The Kier molecular flexibility index (Phi) is 7.41. The molecule has 1 atom stereocenters. The Balaban J connectivity index is 2.22. The van der Waals surface area contributed by atoms with Crippen molar-refractivity contribution in [3.05, 3.63) is 0 Å². The van der Waals surface area contributed by atoms with Gasteiger partial charge in [-0.2, -0.15) is 0 Å². The van der Waals surface area contributed by atoms with Crippen molar-refractivity contribution in [1.29, 1.82) is 0 Å². The topological polar surface area (TPSA) is 12.5 Å². The van der Waals surface area contributed by atoms with Crippen LogP contribution in [-0.2, 0) is 4.74 Å². The Morgan fingerprint density at radius 3 is 2.87 bits per heavy atom. The Bertz CT molecular complexity index is 155. The van der Waals surface area contributed by atoms with Gasteiger partial charge in [-0.15, -0.1) is 11.6 Å². The van der Waals surface area contributed by atoms with Crippen LogP contribution < -0.4 is 0 Å². The average molecular weight is 234 g/mol. The lowest BCUT2D eigenvalue weighted by molar-refractivity contribution is 0.0948. The lowest BCUT2D eigenvalue weighted by atomic mass is 10.1. The molecule has 1 aliphatic rings. The Labute approximate surface area is 98.9 Å². The summed E-state index contributed by atoms with van der Waals surface area (Å²) < 4.78 is 5.45. The van der Waals surface area contributed by atoms with E-state index in [0.29, 0.717) is 12.5 Å². The minimum atomic E-state index is 0.608. The zero-order valence-electron chi connectivity index (χ0n) is 9.88. The molecule has 1 unspecified atom stereocenters. The number of likely N-dealkylation sites (tertiary alicyclic amines) is 1. The summed E-state index contributed by atoms with van der Waals surface area (Å²) in [6.45, 7) is 6.15. The third-order valence-electron chi connectivity index (χ3n) is 3.21. The van der Waals surface area contributed by atoms with Gasteiger partial charge in [0.2, 0.25) is 0 Å².